The quantitative estimate of drug-likeness (QED) is 0.907. The molecule has 0 bridgehead atoms. The molecule has 0 saturated carbocycles. The SMILES string of the molecule is NC[C@@H]1CCCN1c1cccc(OC(F)(F)F)c1. The lowest BCUT2D eigenvalue weighted by molar-refractivity contribution is -0.274. The molecule has 0 spiro atoms. The van der Waals surface area contributed by atoms with Crippen LogP contribution in [0.2, 0.25) is 0 Å². The minimum Gasteiger partial charge on any atom is -0.406 e. The van der Waals surface area contributed by atoms with Gasteiger partial charge in [-0.15, -0.1) is 13.2 Å². The average molecular weight is 260 g/mol. The van der Waals surface area contributed by atoms with Gasteiger partial charge in [0.25, 0.3) is 0 Å². The molecule has 1 atom stereocenters. The number of anilines is 1. The van der Waals surface area contributed by atoms with Crippen LogP contribution in [0, 0.1) is 0 Å². The lowest BCUT2D eigenvalue weighted by Gasteiger charge is -2.26. The zero-order valence-corrected chi connectivity index (χ0v) is 9.78. The molecule has 0 amide bonds. The van der Waals surface area contributed by atoms with E-state index in [-0.39, 0.29) is 11.8 Å². The summed E-state index contributed by atoms with van der Waals surface area (Å²) in [5, 5.41) is 0. The Morgan fingerprint density at radius 3 is 2.83 bits per heavy atom. The number of nitrogens with zero attached hydrogens (tertiary/aromatic N) is 1. The van der Waals surface area contributed by atoms with Gasteiger partial charge in [-0.25, -0.2) is 0 Å². The Balaban J connectivity index is 2.16. The van der Waals surface area contributed by atoms with Crippen LogP contribution in [0.15, 0.2) is 24.3 Å². The third-order valence-electron chi connectivity index (χ3n) is 3.03. The lowest BCUT2D eigenvalue weighted by atomic mass is 10.2. The number of halogens is 3. The van der Waals surface area contributed by atoms with Gasteiger partial charge in [-0.2, -0.15) is 0 Å². The molecule has 100 valence electrons. The second-order valence-corrected chi connectivity index (χ2v) is 4.27. The first-order valence-electron chi connectivity index (χ1n) is 5.82. The predicted molar refractivity (Wildman–Crippen MR) is 62.5 cm³/mol. The molecule has 1 aliphatic rings. The maximum absolute atomic E-state index is 12.1. The molecular formula is C12H15F3N2O. The number of nitrogens with two attached hydrogens (primary N) is 1. The van der Waals surface area contributed by atoms with Crippen LogP contribution in [0.3, 0.4) is 0 Å². The van der Waals surface area contributed by atoms with E-state index in [1.165, 1.54) is 12.1 Å². The maximum atomic E-state index is 12.1. The summed E-state index contributed by atoms with van der Waals surface area (Å²) in [5.74, 6) is -0.192. The fraction of sp³-hybridized carbons (Fsp3) is 0.500. The van der Waals surface area contributed by atoms with Crippen molar-refractivity contribution in [2.24, 2.45) is 5.73 Å². The molecule has 1 aromatic carbocycles. The van der Waals surface area contributed by atoms with Gasteiger partial charge < -0.3 is 15.4 Å². The normalized spacial score (nSPS) is 20.2. The highest BCUT2D eigenvalue weighted by Crippen LogP contribution is 2.30. The smallest absolute Gasteiger partial charge is 0.406 e. The van der Waals surface area contributed by atoms with Crippen LogP contribution in [-0.2, 0) is 0 Å². The second-order valence-electron chi connectivity index (χ2n) is 4.27. The van der Waals surface area contributed by atoms with Gasteiger partial charge in [-0.3, -0.25) is 0 Å². The summed E-state index contributed by atoms with van der Waals surface area (Å²) in [4.78, 5) is 2.03. The van der Waals surface area contributed by atoms with E-state index in [2.05, 4.69) is 4.74 Å². The largest absolute Gasteiger partial charge is 0.573 e. The first-order chi connectivity index (χ1) is 8.49. The predicted octanol–water partition coefficient (Wildman–Crippen LogP) is 2.51. The van der Waals surface area contributed by atoms with Crippen molar-refractivity contribution in [1.29, 1.82) is 0 Å². The van der Waals surface area contributed by atoms with Crippen LogP contribution in [0.4, 0.5) is 18.9 Å². The van der Waals surface area contributed by atoms with Crippen LogP contribution in [-0.4, -0.2) is 25.5 Å². The highest BCUT2D eigenvalue weighted by Gasteiger charge is 2.31. The van der Waals surface area contributed by atoms with E-state index in [1.54, 1.807) is 12.1 Å². The van der Waals surface area contributed by atoms with Gasteiger partial charge >= 0.3 is 6.36 Å². The molecule has 1 fully saturated rings. The first-order valence-corrected chi connectivity index (χ1v) is 5.82. The molecule has 0 radical (unpaired) electrons. The van der Waals surface area contributed by atoms with Crippen LogP contribution in [0.1, 0.15) is 12.8 Å². The standard InChI is InChI=1S/C12H15F3N2O/c13-12(14,15)18-11-5-1-3-9(7-11)17-6-2-4-10(17)8-16/h1,3,5,7,10H,2,4,6,8,16H2/t10-/m0/s1. The van der Waals surface area contributed by atoms with Crippen molar-refractivity contribution >= 4 is 5.69 Å². The van der Waals surface area contributed by atoms with Gasteiger partial charge in [0.15, 0.2) is 0 Å². The molecule has 18 heavy (non-hydrogen) atoms. The average Bonchev–Trinajstić information content (AvgIpc) is 2.75. The molecule has 0 unspecified atom stereocenters. The zero-order valence-electron chi connectivity index (χ0n) is 9.78. The Hall–Kier alpha value is -1.43. The molecule has 3 nitrogen and oxygen atoms in total. The fourth-order valence-corrected chi connectivity index (χ4v) is 2.28. The Morgan fingerprint density at radius 2 is 2.17 bits per heavy atom. The topological polar surface area (TPSA) is 38.5 Å². The van der Waals surface area contributed by atoms with Gasteiger partial charge in [0, 0.05) is 30.9 Å². The van der Waals surface area contributed by atoms with Crippen LogP contribution < -0.4 is 15.4 Å². The highest BCUT2D eigenvalue weighted by molar-refractivity contribution is 5.52. The molecular weight excluding hydrogens is 245 g/mol. The monoisotopic (exact) mass is 260 g/mol. The summed E-state index contributed by atoms with van der Waals surface area (Å²) in [6, 6.07) is 6.23. The molecule has 1 aromatic rings. The van der Waals surface area contributed by atoms with Crippen molar-refractivity contribution in [2.45, 2.75) is 25.2 Å². The Labute approximate surface area is 103 Å². The van der Waals surface area contributed by atoms with Crippen molar-refractivity contribution in [3.8, 4) is 5.75 Å². The van der Waals surface area contributed by atoms with E-state index < -0.39 is 6.36 Å². The molecule has 0 aliphatic carbocycles. The molecule has 2 N–H and O–H groups in total. The van der Waals surface area contributed by atoms with Crippen molar-refractivity contribution in [3.63, 3.8) is 0 Å². The van der Waals surface area contributed by atoms with Crippen molar-refractivity contribution in [3.05, 3.63) is 24.3 Å². The highest BCUT2D eigenvalue weighted by atomic mass is 19.4. The van der Waals surface area contributed by atoms with E-state index >= 15 is 0 Å². The molecule has 6 heteroatoms. The number of benzene rings is 1. The Bertz CT molecular complexity index is 409. The summed E-state index contributed by atoms with van der Waals surface area (Å²) in [7, 11) is 0. The van der Waals surface area contributed by atoms with Crippen molar-refractivity contribution in [2.75, 3.05) is 18.0 Å². The number of rotatable bonds is 3. The van der Waals surface area contributed by atoms with E-state index in [1.807, 2.05) is 4.90 Å². The number of hydrogen-bond acceptors (Lipinski definition) is 3. The van der Waals surface area contributed by atoms with E-state index in [9.17, 15) is 13.2 Å². The summed E-state index contributed by atoms with van der Waals surface area (Å²) >= 11 is 0. The summed E-state index contributed by atoms with van der Waals surface area (Å²) in [5.41, 5.74) is 6.38. The minimum atomic E-state index is -4.66. The Morgan fingerprint density at radius 1 is 1.39 bits per heavy atom. The first kappa shape index (κ1) is 13.0. The van der Waals surface area contributed by atoms with Crippen LogP contribution >= 0.6 is 0 Å². The molecule has 0 aromatic heterocycles. The van der Waals surface area contributed by atoms with E-state index in [0.717, 1.165) is 25.1 Å². The third kappa shape index (κ3) is 3.07. The third-order valence-corrected chi connectivity index (χ3v) is 3.03. The fourth-order valence-electron chi connectivity index (χ4n) is 2.28. The second kappa shape index (κ2) is 5.06. The van der Waals surface area contributed by atoms with E-state index in [4.69, 9.17) is 5.73 Å². The van der Waals surface area contributed by atoms with Gasteiger partial charge in [0.05, 0.1) is 0 Å². The van der Waals surface area contributed by atoms with Crippen molar-refractivity contribution in [1.82, 2.24) is 0 Å². The molecule has 1 heterocycles. The molecule has 1 saturated heterocycles. The van der Waals surface area contributed by atoms with Gasteiger partial charge in [0.2, 0.25) is 0 Å². The van der Waals surface area contributed by atoms with Crippen molar-refractivity contribution < 1.29 is 17.9 Å². The minimum absolute atomic E-state index is 0.192. The summed E-state index contributed by atoms with van der Waals surface area (Å²) < 4.78 is 40.3. The number of hydrogen-bond donors (Lipinski definition) is 1. The van der Waals surface area contributed by atoms with E-state index in [0.29, 0.717) is 6.54 Å². The summed E-state index contributed by atoms with van der Waals surface area (Å²) in [6.07, 6.45) is -2.68. The molecule has 1 aliphatic heterocycles. The summed E-state index contributed by atoms with van der Waals surface area (Å²) in [6.45, 7) is 1.32. The Kier molecular flexibility index (Phi) is 3.65. The van der Waals surface area contributed by atoms with Crippen LogP contribution in [0.5, 0.6) is 5.75 Å². The zero-order chi connectivity index (χ0) is 13.2. The number of alkyl halides is 3. The van der Waals surface area contributed by atoms with Crippen LogP contribution in [0.25, 0.3) is 0 Å². The molecule has 2 rings (SSSR count). The van der Waals surface area contributed by atoms with Gasteiger partial charge in [-0.05, 0) is 25.0 Å². The maximum Gasteiger partial charge on any atom is 0.573 e. The lowest BCUT2D eigenvalue weighted by Crippen LogP contribution is -2.35. The number of ether oxygens (including phenoxy) is 1. The van der Waals surface area contributed by atoms with Gasteiger partial charge in [-0.1, -0.05) is 6.07 Å². The van der Waals surface area contributed by atoms with Gasteiger partial charge in [0.1, 0.15) is 5.75 Å².